The minimum absolute atomic E-state index is 0.0875. The molecule has 2 nitrogen and oxygen atoms in total. The summed E-state index contributed by atoms with van der Waals surface area (Å²) in [4.78, 5) is 0. The fourth-order valence-electron chi connectivity index (χ4n) is 1.29. The Morgan fingerprint density at radius 1 is 1.33 bits per heavy atom. The summed E-state index contributed by atoms with van der Waals surface area (Å²) in [5.41, 5.74) is 1.12. The largest absolute Gasteiger partial charge is 0.411 e. The van der Waals surface area contributed by atoms with E-state index in [1.54, 1.807) is 12.1 Å². The Balaban J connectivity index is 3.00. The normalized spacial score (nSPS) is 12.3. The highest BCUT2D eigenvalue weighted by Crippen LogP contribution is 2.25. The average molecular weight is 208 g/mol. The lowest BCUT2D eigenvalue weighted by Crippen LogP contribution is -2.08. The lowest BCUT2D eigenvalue weighted by atomic mass is 9.87. The van der Waals surface area contributed by atoms with Crippen LogP contribution in [0.5, 0.6) is 0 Å². The molecule has 0 amide bonds. The van der Waals surface area contributed by atoms with Crippen molar-refractivity contribution < 1.29 is 9.60 Å². The van der Waals surface area contributed by atoms with Crippen LogP contribution in [0, 0.1) is 17.7 Å². The second-order valence-electron chi connectivity index (χ2n) is 4.54. The summed E-state index contributed by atoms with van der Waals surface area (Å²) in [7, 11) is 0. The van der Waals surface area contributed by atoms with Crippen molar-refractivity contribution in [2.24, 2.45) is 10.6 Å². The molecule has 81 valence electrons. The molecule has 0 aromatic heterocycles. The summed E-state index contributed by atoms with van der Waals surface area (Å²) in [6, 6.07) is 4.59. The van der Waals surface area contributed by atoms with E-state index in [9.17, 15) is 4.39 Å². The number of hydrogen-bond acceptors (Lipinski definition) is 2. The van der Waals surface area contributed by atoms with Crippen LogP contribution >= 0.6 is 0 Å². The van der Waals surface area contributed by atoms with Crippen LogP contribution < -0.4 is 0 Å². The molecule has 1 aromatic carbocycles. The van der Waals surface area contributed by atoms with Crippen molar-refractivity contribution >= 4 is 6.21 Å². The highest BCUT2D eigenvalue weighted by molar-refractivity contribution is 5.79. The predicted molar refractivity (Wildman–Crippen MR) is 58.6 cm³/mol. The first-order chi connectivity index (χ1) is 6.92. The second kappa shape index (κ2) is 4.43. The topological polar surface area (TPSA) is 32.6 Å². The van der Waals surface area contributed by atoms with E-state index >= 15 is 0 Å². The van der Waals surface area contributed by atoms with Crippen molar-refractivity contribution in [3.05, 3.63) is 41.6 Å². The van der Waals surface area contributed by atoms with Gasteiger partial charge >= 0.3 is 0 Å². The van der Waals surface area contributed by atoms with E-state index in [1.807, 2.05) is 27.2 Å². The van der Waals surface area contributed by atoms with Crippen molar-refractivity contribution in [1.82, 2.24) is 0 Å². The molecule has 1 radical (unpaired) electrons. The molecule has 0 saturated carbocycles. The van der Waals surface area contributed by atoms with Gasteiger partial charge in [-0.05, 0) is 35.1 Å². The number of benzene rings is 1. The smallest absolute Gasteiger partial charge is 0.126 e. The maximum absolute atomic E-state index is 13.4. The molecule has 0 spiro atoms. The molecular weight excluding hydrogens is 193 g/mol. The van der Waals surface area contributed by atoms with Crippen molar-refractivity contribution in [1.29, 1.82) is 0 Å². The van der Waals surface area contributed by atoms with Gasteiger partial charge in [-0.3, -0.25) is 0 Å². The Kier molecular flexibility index (Phi) is 3.45. The summed E-state index contributed by atoms with van der Waals surface area (Å²) < 4.78 is 13.4. The first kappa shape index (κ1) is 11.7. The standard InChI is InChI=1S/C12H15FNO/c1-12(2,3)7-10-6-9(8-14-15)4-5-11(10)13/h4-8,15H,1-3H3/b14-8+. The molecule has 0 saturated heterocycles. The van der Waals surface area contributed by atoms with Gasteiger partial charge in [-0.15, -0.1) is 0 Å². The van der Waals surface area contributed by atoms with E-state index in [0.29, 0.717) is 11.1 Å². The summed E-state index contributed by atoms with van der Waals surface area (Å²) in [5, 5.41) is 11.3. The summed E-state index contributed by atoms with van der Waals surface area (Å²) in [5.74, 6) is -0.264. The lowest BCUT2D eigenvalue weighted by molar-refractivity contribution is 0.322. The van der Waals surface area contributed by atoms with Crippen LogP contribution in [0.15, 0.2) is 23.4 Å². The van der Waals surface area contributed by atoms with Gasteiger partial charge in [-0.2, -0.15) is 0 Å². The molecule has 0 unspecified atom stereocenters. The minimum Gasteiger partial charge on any atom is -0.411 e. The fraction of sp³-hybridized carbons (Fsp3) is 0.333. The monoisotopic (exact) mass is 208 g/mol. The molecule has 0 atom stereocenters. The number of oxime groups is 1. The second-order valence-corrected chi connectivity index (χ2v) is 4.54. The highest BCUT2D eigenvalue weighted by atomic mass is 19.1. The third-order valence-electron chi connectivity index (χ3n) is 1.82. The van der Waals surface area contributed by atoms with E-state index in [1.165, 1.54) is 12.3 Å². The number of hydrogen-bond donors (Lipinski definition) is 1. The predicted octanol–water partition coefficient (Wildman–Crippen LogP) is 3.23. The molecule has 15 heavy (non-hydrogen) atoms. The van der Waals surface area contributed by atoms with Gasteiger partial charge in [0.05, 0.1) is 6.21 Å². The van der Waals surface area contributed by atoms with Crippen LogP contribution in [-0.4, -0.2) is 11.4 Å². The van der Waals surface area contributed by atoms with Crippen LogP contribution in [0.2, 0.25) is 0 Å². The molecule has 3 heteroatoms. The zero-order valence-electron chi connectivity index (χ0n) is 9.16. The van der Waals surface area contributed by atoms with Crippen LogP contribution in [-0.2, 0) is 0 Å². The van der Waals surface area contributed by atoms with E-state index in [-0.39, 0.29) is 11.2 Å². The Morgan fingerprint density at radius 2 is 2.00 bits per heavy atom. The molecule has 0 aliphatic heterocycles. The molecule has 1 rings (SSSR count). The zero-order chi connectivity index (χ0) is 11.5. The Bertz CT molecular complexity index is 366. The quantitative estimate of drug-likeness (QED) is 0.451. The van der Waals surface area contributed by atoms with E-state index in [2.05, 4.69) is 5.16 Å². The molecule has 0 aliphatic rings. The van der Waals surface area contributed by atoms with Gasteiger partial charge in [0, 0.05) is 0 Å². The molecule has 0 heterocycles. The van der Waals surface area contributed by atoms with Gasteiger partial charge in [0.2, 0.25) is 0 Å². The average Bonchev–Trinajstić information content (AvgIpc) is 2.09. The van der Waals surface area contributed by atoms with Gasteiger partial charge in [0.25, 0.3) is 0 Å². The van der Waals surface area contributed by atoms with Crippen molar-refractivity contribution in [2.75, 3.05) is 0 Å². The lowest BCUT2D eigenvalue weighted by Gasteiger charge is -2.18. The van der Waals surface area contributed by atoms with Gasteiger partial charge in [-0.1, -0.05) is 32.0 Å². The number of nitrogens with zero attached hydrogens (tertiary/aromatic N) is 1. The van der Waals surface area contributed by atoms with Crippen LogP contribution in [0.4, 0.5) is 4.39 Å². The third-order valence-corrected chi connectivity index (χ3v) is 1.82. The Hall–Kier alpha value is -1.38. The first-order valence-electron chi connectivity index (χ1n) is 4.75. The summed E-state index contributed by atoms with van der Waals surface area (Å²) in [6.07, 6.45) is 3.12. The molecule has 0 fully saturated rings. The summed E-state index contributed by atoms with van der Waals surface area (Å²) in [6.45, 7) is 6.00. The van der Waals surface area contributed by atoms with E-state index in [4.69, 9.17) is 5.21 Å². The molecule has 0 aliphatic carbocycles. The van der Waals surface area contributed by atoms with Crippen LogP contribution in [0.1, 0.15) is 31.9 Å². The van der Waals surface area contributed by atoms with Gasteiger partial charge in [0.1, 0.15) is 5.82 Å². The van der Waals surface area contributed by atoms with E-state index < -0.39 is 0 Å². The first-order valence-corrected chi connectivity index (χ1v) is 4.75. The number of halogens is 1. The Labute approximate surface area is 89.4 Å². The highest BCUT2D eigenvalue weighted by Gasteiger charge is 2.14. The van der Waals surface area contributed by atoms with Gasteiger partial charge < -0.3 is 5.21 Å². The maximum atomic E-state index is 13.4. The Morgan fingerprint density at radius 3 is 2.53 bits per heavy atom. The van der Waals surface area contributed by atoms with Crippen molar-refractivity contribution in [3.8, 4) is 0 Å². The van der Waals surface area contributed by atoms with Crippen LogP contribution in [0.3, 0.4) is 0 Å². The minimum atomic E-state index is -0.264. The van der Waals surface area contributed by atoms with Crippen LogP contribution in [0.25, 0.3) is 0 Å². The number of rotatable bonds is 2. The third kappa shape index (κ3) is 3.70. The zero-order valence-corrected chi connectivity index (χ0v) is 9.16. The van der Waals surface area contributed by atoms with Crippen molar-refractivity contribution in [3.63, 3.8) is 0 Å². The molecular formula is C12H15FNO. The molecule has 1 N–H and O–H groups in total. The fourth-order valence-corrected chi connectivity index (χ4v) is 1.29. The van der Waals surface area contributed by atoms with E-state index in [0.717, 1.165) is 0 Å². The molecule has 1 aromatic rings. The maximum Gasteiger partial charge on any atom is 0.126 e. The van der Waals surface area contributed by atoms with Gasteiger partial charge in [0.15, 0.2) is 0 Å². The van der Waals surface area contributed by atoms with Crippen molar-refractivity contribution in [2.45, 2.75) is 20.8 Å². The SMILES string of the molecule is CC(C)(C)[CH]c1cc(/C=N/O)ccc1F. The summed E-state index contributed by atoms with van der Waals surface area (Å²) >= 11 is 0. The van der Waals surface area contributed by atoms with Gasteiger partial charge in [-0.25, -0.2) is 4.39 Å². The molecule has 0 bridgehead atoms.